The van der Waals surface area contributed by atoms with Gasteiger partial charge in [0, 0.05) is 25.5 Å². The van der Waals surface area contributed by atoms with Crippen molar-refractivity contribution in [3.05, 3.63) is 90.0 Å². The van der Waals surface area contributed by atoms with Gasteiger partial charge in [-0.1, -0.05) is 42.5 Å². The Balaban J connectivity index is 1.43. The third-order valence-electron chi connectivity index (χ3n) is 5.48. The summed E-state index contributed by atoms with van der Waals surface area (Å²) in [6, 6.07) is 18.0. The molecule has 1 fully saturated rings. The molecule has 0 aliphatic carbocycles. The zero-order valence-corrected chi connectivity index (χ0v) is 15.7. The molecule has 0 saturated carbocycles. The molecule has 2 heterocycles. The van der Waals surface area contributed by atoms with Crippen molar-refractivity contribution in [2.75, 3.05) is 13.1 Å². The maximum Gasteiger partial charge on any atom is 0.252 e. The third-order valence-corrected chi connectivity index (χ3v) is 5.48. The summed E-state index contributed by atoms with van der Waals surface area (Å²) >= 11 is 0. The van der Waals surface area contributed by atoms with Gasteiger partial charge in [-0.2, -0.15) is 5.10 Å². The van der Waals surface area contributed by atoms with Crippen molar-refractivity contribution in [2.24, 2.45) is 5.92 Å². The van der Waals surface area contributed by atoms with Crippen LogP contribution in [0, 0.1) is 11.7 Å². The van der Waals surface area contributed by atoms with Crippen LogP contribution in [0.4, 0.5) is 4.39 Å². The van der Waals surface area contributed by atoms with E-state index < -0.39 is 6.04 Å². The van der Waals surface area contributed by atoms with Crippen LogP contribution in [0.1, 0.15) is 30.0 Å². The Bertz CT molecular complexity index is 903. The van der Waals surface area contributed by atoms with E-state index in [9.17, 15) is 9.18 Å². The molecule has 4 rings (SSSR count). The molecule has 1 aromatic heterocycles. The van der Waals surface area contributed by atoms with Crippen LogP contribution < -0.4 is 0 Å². The molecule has 144 valence electrons. The van der Waals surface area contributed by atoms with Crippen molar-refractivity contribution in [2.45, 2.75) is 25.3 Å². The van der Waals surface area contributed by atoms with Crippen LogP contribution in [0.5, 0.6) is 0 Å². The zero-order valence-electron chi connectivity index (χ0n) is 15.7. The van der Waals surface area contributed by atoms with Gasteiger partial charge in [0.15, 0.2) is 6.04 Å². The monoisotopic (exact) mass is 377 g/mol. The van der Waals surface area contributed by atoms with Gasteiger partial charge < -0.3 is 4.90 Å². The van der Waals surface area contributed by atoms with E-state index in [4.69, 9.17) is 0 Å². The van der Waals surface area contributed by atoms with Crippen molar-refractivity contribution >= 4 is 5.91 Å². The maximum atomic E-state index is 13.4. The molecule has 0 N–H and O–H groups in total. The number of halogens is 1. The quantitative estimate of drug-likeness (QED) is 0.672. The highest BCUT2D eigenvalue weighted by Crippen LogP contribution is 2.26. The lowest BCUT2D eigenvalue weighted by Crippen LogP contribution is -2.43. The largest absolute Gasteiger partial charge is 0.341 e. The average molecular weight is 377 g/mol. The maximum absolute atomic E-state index is 13.4. The summed E-state index contributed by atoms with van der Waals surface area (Å²) in [7, 11) is 0. The number of aromatic nitrogens is 2. The van der Waals surface area contributed by atoms with Crippen LogP contribution in [-0.4, -0.2) is 33.7 Å². The molecule has 1 aliphatic heterocycles. The molecule has 1 amide bonds. The standard InChI is InChI=1S/C23H24FN3O/c24-21-9-4-6-19(17-21)16-18-10-14-26(15-11-18)23(28)22(27-13-5-12-25-27)20-7-2-1-3-8-20/h1-9,12-13,17-18,22H,10-11,14-16H2. The Morgan fingerprint density at radius 3 is 2.54 bits per heavy atom. The lowest BCUT2D eigenvalue weighted by atomic mass is 9.89. The first kappa shape index (κ1) is 18.4. The van der Waals surface area contributed by atoms with Crippen LogP contribution in [0.15, 0.2) is 73.1 Å². The number of nitrogens with zero attached hydrogens (tertiary/aromatic N) is 3. The Morgan fingerprint density at radius 1 is 1.07 bits per heavy atom. The van der Waals surface area contributed by atoms with E-state index >= 15 is 0 Å². The van der Waals surface area contributed by atoms with Gasteiger partial charge in [-0.25, -0.2) is 4.39 Å². The first-order chi connectivity index (χ1) is 13.7. The molecule has 1 aliphatic rings. The first-order valence-electron chi connectivity index (χ1n) is 9.78. The molecular weight excluding hydrogens is 353 g/mol. The molecule has 1 saturated heterocycles. The van der Waals surface area contributed by atoms with Gasteiger partial charge in [-0.05, 0) is 54.5 Å². The Hall–Kier alpha value is -2.95. The fourth-order valence-corrected chi connectivity index (χ4v) is 4.00. The third kappa shape index (κ3) is 4.14. The van der Waals surface area contributed by atoms with E-state index in [0.717, 1.165) is 43.5 Å². The second-order valence-corrected chi connectivity index (χ2v) is 7.40. The summed E-state index contributed by atoms with van der Waals surface area (Å²) in [6.07, 6.45) is 6.27. The molecular formula is C23H24FN3O. The second-order valence-electron chi connectivity index (χ2n) is 7.40. The predicted molar refractivity (Wildman–Crippen MR) is 106 cm³/mol. The van der Waals surface area contributed by atoms with Gasteiger partial charge in [0.2, 0.25) is 0 Å². The van der Waals surface area contributed by atoms with Crippen LogP contribution in [0.25, 0.3) is 0 Å². The minimum absolute atomic E-state index is 0.0825. The number of benzene rings is 2. The summed E-state index contributed by atoms with van der Waals surface area (Å²) in [4.78, 5) is 15.3. The van der Waals surface area contributed by atoms with Crippen molar-refractivity contribution < 1.29 is 9.18 Å². The number of carbonyl (C=O) groups is 1. The summed E-state index contributed by atoms with van der Waals surface area (Å²) in [6.45, 7) is 1.45. The minimum atomic E-state index is -0.434. The van der Waals surface area contributed by atoms with E-state index in [1.807, 2.05) is 53.6 Å². The second kappa shape index (κ2) is 8.38. The van der Waals surface area contributed by atoms with Gasteiger partial charge in [-0.15, -0.1) is 0 Å². The van der Waals surface area contributed by atoms with Crippen molar-refractivity contribution in [1.82, 2.24) is 14.7 Å². The van der Waals surface area contributed by atoms with Crippen LogP contribution in [0.3, 0.4) is 0 Å². The number of hydrogen-bond acceptors (Lipinski definition) is 2. The molecule has 0 spiro atoms. The molecule has 0 bridgehead atoms. The Morgan fingerprint density at radius 2 is 1.86 bits per heavy atom. The summed E-state index contributed by atoms with van der Waals surface area (Å²) < 4.78 is 15.1. The van der Waals surface area contributed by atoms with E-state index in [2.05, 4.69) is 5.10 Å². The Kier molecular flexibility index (Phi) is 5.51. The van der Waals surface area contributed by atoms with Gasteiger partial charge in [0.25, 0.3) is 5.91 Å². The normalized spacial score (nSPS) is 16.1. The van der Waals surface area contributed by atoms with Crippen molar-refractivity contribution in [3.63, 3.8) is 0 Å². The van der Waals surface area contributed by atoms with Crippen molar-refractivity contribution in [3.8, 4) is 0 Å². The minimum Gasteiger partial charge on any atom is -0.341 e. The SMILES string of the molecule is O=C(C(c1ccccc1)n1cccn1)N1CCC(Cc2cccc(F)c2)CC1. The van der Waals surface area contributed by atoms with Gasteiger partial charge in [0.1, 0.15) is 5.82 Å². The molecule has 4 nitrogen and oxygen atoms in total. The highest BCUT2D eigenvalue weighted by molar-refractivity contribution is 5.83. The van der Waals surface area contributed by atoms with Crippen molar-refractivity contribution in [1.29, 1.82) is 0 Å². The zero-order chi connectivity index (χ0) is 19.3. The molecule has 1 unspecified atom stereocenters. The Labute approximate surface area is 164 Å². The van der Waals surface area contributed by atoms with Gasteiger partial charge >= 0.3 is 0 Å². The summed E-state index contributed by atoms with van der Waals surface area (Å²) in [5.41, 5.74) is 1.97. The molecule has 28 heavy (non-hydrogen) atoms. The number of amides is 1. The number of carbonyl (C=O) groups excluding carboxylic acids is 1. The van der Waals surface area contributed by atoms with E-state index in [-0.39, 0.29) is 11.7 Å². The molecule has 3 aromatic rings. The fourth-order valence-electron chi connectivity index (χ4n) is 4.00. The lowest BCUT2D eigenvalue weighted by molar-refractivity contribution is -0.135. The van der Waals surface area contributed by atoms with E-state index in [1.165, 1.54) is 6.07 Å². The average Bonchev–Trinajstić information content (AvgIpc) is 3.24. The van der Waals surface area contributed by atoms with E-state index in [1.54, 1.807) is 23.0 Å². The molecule has 2 aromatic carbocycles. The first-order valence-corrected chi connectivity index (χ1v) is 9.78. The number of rotatable bonds is 5. The topological polar surface area (TPSA) is 38.1 Å². The molecule has 5 heteroatoms. The van der Waals surface area contributed by atoms with E-state index in [0.29, 0.717) is 5.92 Å². The highest BCUT2D eigenvalue weighted by Gasteiger charge is 2.30. The van der Waals surface area contributed by atoms with Gasteiger partial charge in [0.05, 0.1) is 0 Å². The van der Waals surface area contributed by atoms with Gasteiger partial charge in [-0.3, -0.25) is 9.48 Å². The smallest absolute Gasteiger partial charge is 0.252 e. The molecule has 1 atom stereocenters. The van der Waals surface area contributed by atoms with Crippen LogP contribution >= 0.6 is 0 Å². The predicted octanol–water partition coefficient (Wildman–Crippen LogP) is 4.09. The van der Waals surface area contributed by atoms with Crippen LogP contribution in [0.2, 0.25) is 0 Å². The number of hydrogen-bond donors (Lipinski definition) is 0. The highest BCUT2D eigenvalue weighted by atomic mass is 19.1. The number of piperidine rings is 1. The summed E-state index contributed by atoms with van der Waals surface area (Å²) in [5, 5.41) is 4.32. The molecule has 0 radical (unpaired) electrons. The van der Waals surface area contributed by atoms with Crippen LogP contribution in [-0.2, 0) is 11.2 Å². The summed E-state index contributed by atoms with van der Waals surface area (Å²) in [5.74, 6) is 0.375. The number of likely N-dealkylation sites (tertiary alicyclic amines) is 1. The fraction of sp³-hybridized carbons (Fsp3) is 0.304. The lowest BCUT2D eigenvalue weighted by Gasteiger charge is -2.34.